The molecule has 0 aliphatic carbocycles. The molecule has 0 bridgehead atoms. The van der Waals surface area contributed by atoms with Crippen LogP contribution in [0.1, 0.15) is 17.0 Å². The van der Waals surface area contributed by atoms with E-state index in [-0.39, 0.29) is 12.5 Å². The Morgan fingerprint density at radius 3 is 2.24 bits per heavy atom. The van der Waals surface area contributed by atoms with Gasteiger partial charge in [0.05, 0.1) is 0 Å². The summed E-state index contributed by atoms with van der Waals surface area (Å²) < 4.78 is 1.29. The van der Waals surface area contributed by atoms with Crippen molar-refractivity contribution in [3.05, 3.63) is 65.7 Å². The van der Waals surface area contributed by atoms with Crippen molar-refractivity contribution in [2.24, 2.45) is 0 Å². The van der Waals surface area contributed by atoms with Crippen molar-refractivity contribution < 1.29 is 5.11 Å². The first-order valence-electron chi connectivity index (χ1n) is 6.01. The van der Waals surface area contributed by atoms with Gasteiger partial charge < -0.3 is 0 Å². The van der Waals surface area contributed by atoms with Gasteiger partial charge in [0.1, 0.15) is 0 Å². The van der Waals surface area contributed by atoms with Gasteiger partial charge in [0.15, 0.2) is 0 Å². The summed E-state index contributed by atoms with van der Waals surface area (Å²) >= 11 is 2.12. The molecule has 0 amide bonds. The molecule has 2 rings (SSSR count). The summed E-state index contributed by atoms with van der Waals surface area (Å²) in [6, 6.07) is 18.6. The van der Waals surface area contributed by atoms with Gasteiger partial charge in [-0.05, 0) is 0 Å². The fourth-order valence-electron chi connectivity index (χ4n) is 2.12. The number of aliphatic hydroxyl groups is 1. The molecule has 0 aliphatic heterocycles. The van der Waals surface area contributed by atoms with Crippen LogP contribution in [0.25, 0.3) is 0 Å². The van der Waals surface area contributed by atoms with E-state index in [4.69, 9.17) is 0 Å². The van der Waals surface area contributed by atoms with Crippen molar-refractivity contribution in [2.75, 3.05) is 6.61 Å². The normalized spacial score (nSPS) is 12.4. The molecular weight excluding hydrogens is 203 g/mol. The summed E-state index contributed by atoms with van der Waals surface area (Å²) in [4.78, 5) is 0. The van der Waals surface area contributed by atoms with Gasteiger partial charge in [0.2, 0.25) is 0 Å². The SMILES string of the molecule is [Li][c]1ccccc1CC(CO)c1ccccc1. The molecule has 1 nitrogen and oxygen atoms in total. The van der Waals surface area contributed by atoms with E-state index >= 15 is 0 Å². The van der Waals surface area contributed by atoms with E-state index in [2.05, 4.69) is 54.1 Å². The minimum atomic E-state index is 0.192. The van der Waals surface area contributed by atoms with E-state index in [9.17, 15) is 5.11 Å². The molecule has 2 aromatic rings. The predicted octanol–water partition coefficient (Wildman–Crippen LogP) is 1.80. The average molecular weight is 218 g/mol. The van der Waals surface area contributed by atoms with Crippen LogP contribution >= 0.6 is 0 Å². The number of hydrogen-bond donors (Lipinski definition) is 1. The second-order valence-corrected chi connectivity index (χ2v) is 4.42. The van der Waals surface area contributed by atoms with Crippen LogP contribution in [0.5, 0.6) is 0 Å². The Labute approximate surface area is 112 Å². The standard InChI is InChI=1S/C15H15O.Li/c16-12-15(14-9-5-2-6-10-14)11-13-7-3-1-4-8-13;/h1-7,9-10,15-16H,11-12H2;. The van der Waals surface area contributed by atoms with Gasteiger partial charge in [-0.3, -0.25) is 0 Å². The van der Waals surface area contributed by atoms with Crippen molar-refractivity contribution in [1.29, 1.82) is 0 Å². The first kappa shape index (κ1) is 12.5. The van der Waals surface area contributed by atoms with Gasteiger partial charge in [-0.25, -0.2) is 0 Å². The summed E-state index contributed by atoms with van der Waals surface area (Å²) in [5.41, 5.74) is 2.52. The second-order valence-electron chi connectivity index (χ2n) is 4.42. The molecule has 0 aliphatic rings. The van der Waals surface area contributed by atoms with Crippen molar-refractivity contribution in [3.8, 4) is 0 Å². The predicted molar refractivity (Wildman–Crippen MR) is 71.8 cm³/mol. The zero-order chi connectivity index (χ0) is 12.1. The fourth-order valence-corrected chi connectivity index (χ4v) is 2.12. The van der Waals surface area contributed by atoms with Crippen molar-refractivity contribution in [3.63, 3.8) is 0 Å². The molecule has 0 fully saturated rings. The van der Waals surface area contributed by atoms with Gasteiger partial charge in [-0.1, -0.05) is 0 Å². The zero-order valence-corrected chi connectivity index (χ0v) is 10.1. The third-order valence-electron chi connectivity index (χ3n) is 3.22. The molecule has 0 spiro atoms. The monoisotopic (exact) mass is 218 g/mol. The Bertz CT molecular complexity index is 467. The van der Waals surface area contributed by atoms with Gasteiger partial charge in [0.25, 0.3) is 0 Å². The van der Waals surface area contributed by atoms with Crippen molar-refractivity contribution in [1.82, 2.24) is 0 Å². The van der Waals surface area contributed by atoms with Crippen LogP contribution in [0.4, 0.5) is 0 Å². The van der Waals surface area contributed by atoms with E-state index in [1.165, 1.54) is 15.4 Å². The van der Waals surface area contributed by atoms with E-state index in [0.717, 1.165) is 6.42 Å². The first-order chi connectivity index (χ1) is 8.31. The molecule has 0 radical (unpaired) electrons. The molecule has 17 heavy (non-hydrogen) atoms. The first-order valence-corrected chi connectivity index (χ1v) is 6.01. The number of aliphatic hydroxyl groups excluding tert-OH is 1. The summed E-state index contributed by atoms with van der Waals surface area (Å²) in [5.74, 6) is 0.192. The molecule has 0 saturated heterocycles. The summed E-state index contributed by atoms with van der Waals surface area (Å²) in [5, 5.41) is 9.53. The summed E-state index contributed by atoms with van der Waals surface area (Å²) in [6.07, 6.45) is 0.896. The maximum absolute atomic E-state index is 9.53. The molecule has 2 heteroatoms. The van der Waals surface area contributed by atoms with Crippen LogP contribution in [0.3, 0.4) is 0 Å². The third kappa shape index (κ3) is 3.23. The average Bonchev–Trinajstić information content (AvgIpc) is 2.39. The van der Waals surface area contributed by atoms with Crippen LogP contribution < -0.4 is 4.24 Å². The second kappa shape index (κ2) is 6.07. The number of hydrogen-bond acceptors (Lipinski definition) is 1. The van der Waals surface area contributed by atoms with Crippen LogP contribution in [0.15, 0.2) is 54.6 Å². The van der Waals surface area contributed by atoms with E-state index < -0.39 is 0 Å². The maximum atomic E-state index is 9.53. The van der Waals surface area contributed by atoms with E-state index in [0.29, 0.717) is 0 Å². The molecule has 1 unspecified atom stereocenters. The van der Waals surface area contributed by atoms with Crippen LogP contribution in [-0.4, -0.2) is 29.4 Å². The van der Waals surface area contributed by atoms with Crippen LogP contribution in [0, 0.1) is 0 Å². The minimum absolute atomic E-state index is 0.192. The van der Waals surface area contributed by atoms with Gasteiger partial charge >= 0.3 is 112 Å². The van der Waals surface area contributed by atoms with E-state index in [1.807, 2.05) is 18.2 Å². The Morgan fingerprint density at radius 2 is 1.59 bits per heavy atom. The summed E-state index contributed by atoms with van der Waals surface area (Å²) in [6.45, 7) is 0.193. The van der Waals surface area contributed by atoms with E-state index in [1.54, 1.807) is 0 Å². The van der Waals surface area contributed by atoms with Crippen LogP contribution in [-0.2, 0) is 6.42 Å². The van der Waals surface area contributed by atoms with Crippen molar-refractivity contribution in [2.45, 2.75) is 12.3 Å². The molecule has 0 aromatic heterocycles. The molecular formula is C15H15LiO. The van der Waals surface area contributed by atoms with Gasteiger partial charge in [-0.2, -0.15) is 0 Å². The Balaban J connectivity index is 2.19. The molecule has 2 aromatic carbocycles. The van der Waals surface area contributed by atoms with Gasteiger partial charge in [-0.15, -0.1) is 0 Å². The summed E-state index contributed by atoms with van der Waals surface area (Å²) in [7, 11) is 0. The zero-order valence-electron chi connectivity index (χ0n) is 10.1. The Kier molecular flexibility index (Phi) is 4.45. The van der Waals surface area contributed by atoms with Crippen molar-refractivity contribution >= 4 is 22.0 Å². The third-order valence-corrected chi connectivity index (χ3v) is 3.22. The Morgan fingerprint density at radius 1 is 0.941 bits per heavy atom. The molecule has 82 valence electrons. The number of benzene rings is 2. The molecule has 0 heterocycles. The van der Waals surface area contributed by atoms with Gasteiger partial charge in [0, 0.05) is 0 Å². The molecule has 1 atom stereocenters. The Hall–Kier alpha value is -1.00. The topological polar surface area (TPSA) is 20.2 Å². The molecule has 0 saturated carbocycles. The quantitative estimate of drug-likeness (QED) is 0.776. The number of rotatable bonds is 4. The molecule has 1 N–H and O–H groups in total. The fraction of sp³-hybridized carbons (Fsp3) is 0.200. The van der Waals surface area contributed by atoms with Crippen LogP contribution in [0.2, 0.25) is 0 Å².